The SMILES string of the molecule is C/C=C/C(=O)Oc1c(C)c(C)c2c(c1C)CCC(C)(CCCC(C)CCCC(C)CCCC(C)C)O2. The summed E-state index contributed by atoms with van der Waals surface area (Å²) in [5.41, 5.74) is 4.22. The van der Waals surface area contributed by atoms with Crippen molar-refractivity contribution >= 4 is 5.97 Å². The molecular weight excluding hydrogens is 444 g/mol. The molecule has 0 bridgehead atoms. The van der Waals surface area contributed by atoms with E-state index in [0.29, 0.717) is 5.75 Å². The van der Waals surface area contributed by atoms with Crippen molar-refractivity contribution < 1.29 is 14.3 Å². The Hall–Kier alpha value is -1.77. The third-order valence-corrected chi connectivity index (χ3v) is 8.34. The predicted molar refractivity (Wildman–Crippen MR) is 153 cm³/mol. The minimum atomic E-state index is -0.320. The molecule has 0 aromatic heterocycles. The van der Waals surface area contributed by atoms with Crippen molar-refractivity contribution in [2.75, 3.05) is 0 Å². The quantitative estimate of drug-likeness (QED) is 0.145. The molecule has 1 heterocycles. The van der Waals surface area contributed by atoms with Crippen LogP contribution in [-0.4, -0.2) is 11.6 Å². The van der Waals surface area contributed by atoms with E-state index in [1.54, 1.807) is 6.08 Å². The third kappa shape index (κ3) is 8.96. The third-order valence-electron chi connectivity index (χ3n) is 8.34. The lowest BCUT2D eigenvalue weighted by Gasteiger charge is -2.38. The van der Waals surface area contributed by atoms with Crippen LogP contribution in [0.3, 0.4) is 0 Å². The Morgan fingerprint density at radius 3 is 2.08 bits per heavy atom. The molecule has 3 heteroatoms. The van der Waals surface area contributed by atoms with E-state index in [-0.39, 0.29) is 11.6 Å². The first-order valence-corrected chi connectivity index (χ1v) is 14.6. The van der Waals surface area contributed by atoms with Crippen LogP contribution < -0.4 is 9.47 Å². The normalized spacial score (nSPS) is 19.3. The Kier molecular flexibility index (Phi) is 12.0. The number of esters is 1. The molecule has 0 amide bonds. The van der Waals surface area contributed by atoms with Gasteiger partial charge in [-0.15, -0.1) is 0 Å². The van der Waals surface area contributed by atoms with Crippen LogP contribution in [0.1, 0.15) is 128 Å². The van der Waals surface area contributed by atoms with Crippen LogP contribution in [0.25, 0.3) is 0 Å². The maximum Gasteiger partial charge on any atom is 0.335 e. The van der Waals surface area contributed by atoms with Gasteiger partial charge in [0, 0.05) is 11.6 Å². The highest BCUT2D eigenvalue weighted by atomic mass is 16.5. The Balaban J connectivity index is 1.86. The van der Waals surface area contributed by atoms with Crippen molar-refractivity contribution in [2.45, 2.75) is 139 Å². The number of ether oxygens (including phenoxy) is 2. The summed E-state index contributed by atoms with van der Waals surface area (Å²) in [6, 6.07) is 0. The van der Waals surface area contributed by atoms with Crippen LogP contribution in [0.2, 0.25) is 0 Å². The lowest BCUT2D eigenvalue weighted by atomic mass is 9.83. The van der Waals surface area contributed by atoms with Gasteiger partial charge in [0.25, 0.3) is 0 Å². The van der Waals surface area contributed by atoms with Crippen LogP contribution in [0.15, 0.2) is 12.2 Å². The summed E-state index contributed by atoms with van der Waals surface area (Å²) in [7, 11) is 0. The first-order valence-electron chi connectivity index (χ1n) is 14.6. The van der Waals surface area contributed by atoms with E-state index in [1.807, 2.05) is 13.8 Å². The number of carbonyl (C=O) groups excluding carboxylic acids is 1. The Bertz CT molecular complexity index is 882. The molecule has 3 nitrogen and oxygen atoms in total. The summed E-state index contributed by atoms with van der Waals surface area (Å²) in [5.74, 6) is 3.89. The molecule has 1 aromatic carbocycles. The molecule has 0 spiro atoms. The van der Waals surface area contributed by atoms with E-state index in [9.17, 15) is 4.79 Å². The minimum absolute atomic E-state index is 0.121. The van der Waals surface area contributed by atoms with Crippen LogP contribution in [0, 0.1) is 38.5 Å². The van der Waals surface area contributed by atoms with Gasteiger partial charge in [-0.3, -0.25) is 0 Å². The summed E-state index contributed by atoms with van der Waals surface area (Å²) >= 11 is 0. The topological polar surface area (TPSA) is 35.5 Å². The fourth-order valence-corrected chi connectivity index (χ4v) is 5.68. The maximum absolute atomic E-state index is 12.1. The number of hydrogen-bond donors (Lipinski definition) is 0. The van der Waals surface area contributed by atoms with Gasteiger partial charge in [-0.05, 0) is 94.7 Å². The largest absolute Gasteiger partial charge is 0.487 e. The van der Waals surface area contributed by atoms with Gasteiger partial charge in [0.05, 0.1) is 0 Å². The molecule has 204 valence electrons. The zero-order valence-electron chi connectivity index (χ0n) is 24.9. The number of hydrogen-bond acceptors (Lipinski definition) is 3. The first kappa shape index (κ1) is 30.5. The molecule has 0 fully saturated rings. The van der Waals surface area contributed by atoms with Gasteiger partial charge < -0.3 is 9.47 Å². The molecule has 1 aromatic rings. The van der Waals surface area contributed by atoms with E-state index in [1.165, 1.54) is 63.0 Å². The Morgan fingerprint density at radius 1 is 0.917 bits per heavy atom. The molecule has 0 radical (unpaired) electrons. The predicted octanol–water partition coefficient (Wildman–Crippen LogP) is 9.62. The van der Waals surface area contributed by atoms with Gasteiger partial charge in [-0.25, -0.2) is 4.79 Å². The van der Waals surface area contributed by atoms with Crippen molar-refractivity contribution in [1.82, 2.24) is 0 Å². The van der Waals surface area contributed by atoms with E-state index in [2.05, 4.69) is 48.5 Å². The van der Waals surface area contributed by atoms with Gasteiger partial charge >= 0.3 is 5.97 Å². The fourth-order valence-electron chi connectivity index (χ4n) is 5.68. The van der Waals surface area contributed by atoms with Crippen molar-refractivity contribution in [2.24, 2.45) is 17.8 Å². The van der Waals surface area contributed by atoms with Gasteiger partial charge in [0.1, 0.15) is 17.1 Å². The molecule has 0 saturated heterocycles. The summed E-state index contributed by atoms with van der Waals surface area (Å²) < 4.78 is 12.4. The van der Waals surface area contributed by atoms with Crippen LogP contribution in [0.4, 0.5) is 0 Å². The Morgan fingerprint density at radius 2 is 1.50 bits per heavy atom. The number of rotatable bonds is 14. The number of carbonyl (C=O) groups is 1. The minimum Gasteiger partial charge on any atom is -0.487 e. The zero-order chi connectivity index (χ0) is 26.9. The van der Waals surface area contributed by atoms with Crippen molar-refractivity contribution in [3.63, 3.8) is 0 Å². The summed E-state index contributed by atoms with van der Waals surface area (Å²) in [4.78, 5) is 12.1. The summed E-state index contributed by atoms with van der Waals surface area (Å²) in [6.07, 6.45) is 17.0. The molecule has 1 aliphatic rings. The van der Waals surface area contributed by atoms with E-state index < -0.39 is 0 Å². The van der Waals surface area contributed by atoms with Gasteiger partial charge in [0.2, 0.25) is 0 Å². The average molecular weight is 499 g/mol. The maximum atomic E-state index is 12.1. The standard InChI is InChI=1S/C33H54O3/c1-10-14-30(34)35-31-26(6)27(7)32-29(28(31)8)20-22-33(9,36-32)21-13-19-25(5)18-12-17-24(4)16-11-15-23(2)3/h10,14,23-25H,11-13,15-22H2,1-9H3/b14-10+. The highest BCUT2D eigenvalue weighted by Gasteiger charge is 2.34. The molecule has 2 rings (SSSR count). The second-order valence-electron chi connectivity index (χ2n) is 12.3. The lowest BCUT2D eigenvalue weighted by molar-refractivity contribution is -0.129. The van der Waals surface area contributed by atoms with Gasteiger partial charge in [0.15, 0.2) is 0 Å². The molecule has 3 unspecified atom stereocenters. The molecule has 3 atom stereocenters. The second kappa shape index (κ2) is 14.2. The molecule has 0 saturated carbocycles. The molecule has 36 heavy (non-hydrogen) atoms. The second-order valence-corrected chi connectivity index (χ2v) is 12.3. The van der Waals surface area contributed by atoms with Crippen molar-refractivity contribution in [1.29, 1.82) is 0 Å². The van der Waals surface area contributed by atoms with Gasteiger partial charge in [-0.1, -0.05) is 78.7 Å². The monoisotopic (exact) mass is 498 g/mol. The molecule has 0 aliphatic carbocycles. The summed E-state index contributed by atoms with van der Waals surface area (Å²) in [5, 5.41) is 0. The summed E-state index contributed by atoms with van der Waals surface area (Å²) in [6.45, 7) is 19.8. The van der Waals surface area contributed by atoms with E-state index in [4.69, 9.17) is 9.47 Å². The average Bonchev–Trinajstić information content (AvgIpc) is 2.80. The van der Waals surface area contributed by atoms with Crippen LogP contribution in [0.5, 0.6) is 11.5 Å². The highest BCUT2D eigenvalue weighted by Crippen LogP contribution is 2.45. The molecule has 0 N–H and O–H groups in total. The van der Waals surface area contributed by atoms with Gasteiger partial charge in [-0.2, -0.15) is 0 Å². The lowest BCUT2D eigenvalue weighted by Crippen LogP contribution is -2.37. The van der Waals surface area contributed by atoms with Crippen LogP contribution >= 0.6 is 0 Å². The number of benzene rings is 1. The molecular formula is C33H54O3. The van der Waals surface area contributed by atoms with Crippen molar-refractivity contribution in [3.05, 3.63) is 34.4 Å². The molecule has 1 aliphatic heterocycles. The van der Waals surface area contributed by atoms with E-state index >= 15 is 0 Å². The Labute approximate surface area is 222 Å². The van der Waals surface area contributed by atoms with Crippen LogP contribution in [-0.2, 0) is 11.2 Å². The smallest absolute Gasteiger partial charge is 0.335 e. The van der Waals surface area contributed by atoms with Crippen molar-refractivity contribution in [3.8, 4) is 11.5 Å². The number of allylic oxidation sites excluding steroid dienone is 1. The number of fused-ring (bicyclic) bond motifs is 1. The zero-order valence-corrected chi connectivity index (χ0v) is 24.9. The fraction of sp³-hybridized carbons (Fsp3) is 0.727. The first-order chi connectivity index (χ1) is 17.0. The van der Waals surface area contributed by atoms with E-state index in [0.717, 1.165) is 59.5 Å². The highest BCUT2D eigenvalue weighted by molar-refractivity contribution is 5.84.